The number of nitrogens with zero attached hydrogens (tertiary/aromatic N) is 5. The van der Waals surface area contributed by atoms with Gasteiger partial charge in [-0.3, -0.25) is 4.68 Å². The summed E-state index contributed by atoms with van der Waals surface area (Å²) in [5.74, 6) is 1.21. The van der Waals surface area contributed by atoms with Crippen LogP contribution in [0.3, 0.4) is 0 Å². The molecule has 3 aromatic heterocycles. The van der Waals surface area contributed by atoms with E-state index in [0.717, 1.165) is 40.6 Å². The number of fused-ring (bicyclic) bond motifs is 2. The lowest BCUT2D eigenvalue weighted by Gasteiger charge is -2.41. The van der Waals surface area contributed by atoms with E-state index in [1.165, 1.54) is 0 Å². The standard InChI is InChI=1S/C20H22N6O2S/c1-25-10-14-9-16(3-4-18(14)24-25)29(27,28)11-13-7-15(8-13)26(2)20-17-5-6-21-19(17)22-12-23-20/h3-6,9-10,12-13,15H,7-8,11H2,1-2H3,(H,21,22,23). The molecule has 1 aliphatic rings. The molecule has 4 aromatic rings. The minimum atomic E-state index is -3.33. The monoisotopic (exact) mass is 410 g/mol. The lowest BCUT2D eigenvalue weighted by Crippen LogP contribution is -2.45. The molecule has 3 heterocycles. The Morgan fingerprint density at radius 1 is 1.24 bits per heavy atom. The van der Waals surface area contributed by atoms with Crippen LogP contribution in [0.15, 0.2) is 47.9 Å². The molecule has 0 radical (unpaired) electrons. The van der Waals surface area contributed by atoms with Crippen LogP contribution in [-0.2, 0) is 16.9 Å². The Kier molecular flexibility index (Phi) is 4.09. The van der Waals surface area contributed by atoms with Crippen molar-refractivity contribution in [1.29, 1.82) is 0 Å². The molecule has 8 nitrogen and oxygen atoms in total. The lowest BCUT2D eigenvalue weighted by atomic mass is 9.81. The number of anilines is 1. The van der Waals surface area contributed by atoms with Crippen LogP contribution in [0.1, 0.15) is 12.8 Å². The van der Waals surface area contributed by atoms with Crippen LogP contribution in [-0.4, -0.2) is 52.0 Å². The largest absolute Gasteiger partial charge is 0.356 e. The van der Waals surface area contributed by atoms with Crippen LogP contribution in [0, 0.1) is 5.92 Å². The number of aromatic nitrogens is 5. The van der Waals surface area contributed by atoms with Gasteiger partial charge in [-0.1, -0.05) is 0 Å². The van der Waals surface area contributed by atoms with Crippen molar-refractivity contribution >= 4 is 37.6 Å². The predicted molar refractivity (Wildman–Crippen MR) is 112 cm³/mol. The first kappa shape index (κ1) is 18.1. The summed E-state index contributed by atoms with van der Waals surface area (Å²) in [4.78, 5) is 14.3. The Labute approximate surface area is 168 Å². The molecule has 1 aliphatic carbocycles. The zero-order valence-electron chi connectivity index (χ0n) is 16.3. The van der Waals surface area contributed by atoms with Gasteiger partial charge in [0.2, 0.25) is 0 Å². The van der Waals surface area contributed by atoms with Gasteiger partial charge in [-0.2, -0.15) is 5.10 Å². The summed E-state index contributed by atoms with van der Waals surface area (Å²) < 4.78 is 27.5. The maximum atomic E-state index is 12.9. The average molecular weight is 411 g/mol. The van der Waals surface area contributed by atoms with Crippen LogP contribution in [0.2, 0.25) is 0 Å². The van der Waals surface area contributed by atoms with Crippen molar-refractivity contribution in [2.24, 2.45) is 13.0 Å². The zero-order chi connectivity index (χ0) is 20.2. The maximum absolute atomic E-state index is 12.9. The van der Waals surface area contributed by atoms with Crippen molar-refractivity contribution in [1.82, 2.24) is 24.7 Å². The molecule has 0 unspecified atom stereocenters. The second-order valence-corrected chi connectivity index (χ2v) is 9.88. The molecule has 0 spiro atoms. The molecule has 1 fully saturated rings. The maximum Gasteiger partial charge on any atom is 0.178 e. The summed E-state index contributed by atoms with van der Waals surface area (Å²) in [5, 5.41) is 6.13. The van der Waals surface area contributed by atoms with Crippen LogP contribution in [0.5, 0.6) is 0 Å². The Morgan fingerprint density at radius 2 is 2.07 bits per heavy atom. The normalized spacial score (nSPS) is 19.5. The van der Waals surface area contributed by atoms with Crippen molar-refractivity contribution in [3.05, 3.63) is 43.0 Å². The number of H-pyrrole nitrogens is 1. The number of sulfone groups is 1. The average Bonchev–Trinajstić information content (AvgIpc) is 3.28. The molecule has 150 valence electrons. The summed E-state index contributed by atoms with van der Waals surface area (Å²) >= 11 is 0. The summed E-state index contributed by atoms with van der Waals surface area (Å²) in [6, 6.07) is 7.41. The minimum absolute atomic E-state index is 0.153. The zero-order valence-corrected chi connectivity index (χ0v) is 17.1. The summed E-state index contributed by atoms with van der Waals surface area (Å²) in [6.45, 7) is 0. The molecule has 29 heavy (non-hydrogen) atoms. The third-order valence-electron chi connectivity index (χ3n) is 5.83. The number of aryl methyl sites for hydroxylation is 1. The fraction of sp³-hybridized carbons (Fsp3) is 0.350. The third-order valence-corrected chi connectivity index (χ3v) is 7.71. The van der Waals surface area contributed by atoms with Gasteiger partial charge in [-0.15, -0.1) is 0 Å². The number of hydrogen-bond acceptors (Lipinski definition) is 6. The number of hydrogen-bond donors (Lipinski definition) is 1. The van der Waals surface area contributed by atoms with E-state index in [1.54, 1.807) is 29.2 Å². The Morgan fingerprint density at radius 3 is 2.90 bits per heavy atom. The van der Waals surface area contributed by atoms with Gasteiger partial charge < -0.3 is 9.88 Å². The van der Waals surface area contributed by atoms with Crippen molar-refractivity contribution in [3.8, 4) is 0 Å². The van der Waals surface area contributed by atoms with Crippen molar-refractivity contribution in [2.75, 3.05) is 17.7 Å². The van der Waals surface area contributed by atoms with Gasteiger partial charge in [0.1, 0.15) is 17.8 Å². The highest BCUT2D eigenvalue weighted by molar-refractivity contribution is 7.91. The first-order valence-corrected chi connectivity index (χ1v) is 11.2. The van der Waals surface area contributed by atoms with E-state index in [4.69, 9.17) is 0 Å². The highest BCUT2D eigenvalue weighted by Gasteiger charge is 2.36. The van der Waals surface area contributed by atoms with Crippen molar-refractivity contribution in [3.63, 3.8) is 0 Å². The second kappa shape index (κ2) is 6.55. The summed E-state index contributed by atoms with van der Waals surface area (Å²) in [7, 11) is 0.518. The van der Waals surface area contributed by atoms with Crippen molar-refractivity contribution < 1.29 is 8.42 Å². The lowest BCUT2D eigenvalue weighted by molar-refractivity contribution is 0.282. The van der Waals surface area contributed by atoms with Gasteiger partial charge >= 0.3 is 0 Å². The summed E-state index contributed by atoms with van der Waals surface area (Å²) in [6.07, 6.45) is 6.92. The fourth-order valence-electron chi connectivity index (χ4n) is 4.19. The smallest absolute Gasteiger partial charge is 0.178 e. The Balaban J connectivity index is 1.28. The van der Waals surface area contributed by atoms with Crippen LogP contribution in [0.25, 0.3) is 21.9 Å². The highest BCUT2D eigenvalue weighted by Crippen LogP contribution is 2.36. The van der Waals surface area contributed by atoms with Gasteiger partial charge in [0.25, 0.3) is 0 Å². The SMILES string of the molecule is CN(c1ncnc2[nH]ccc12)C1CC(CS(=O)(=O)c2ccc3nn(C)cc3c2)C1. The fourth-order valence-corrected chi connectivity index (χ4v) is 5.86. The van der Waals surface area contributed by atoms with Gasteiger partial charge in [-0.25, -0.2) is 18.4 Å². The number of nitrogens with one attached hydrogen (secondary N) is 1. The van der Waals surface area contributed by atoms with E-state index >= 15 is 0 Å². The van der Waals surface area contributed by atoms with Crippen molar-refractivity contribution in [2.45, 2.75) is 23.8 Å². The Bertz CT molecular complexity index is 1300. The van der Waals surface area contributed by atoms with E-state index in [1.807, 2.05) is 32.6 Å². The molecule has 5 rings (SSSR count). The molecular weight excluding hydrogens is 388 g/mol. The van der Waals surface area contributed by atoms with E-state index in [-0.39, 0.29) is 17.7 Å². The second-order valence-electron chi connectivity index (χ2n) is 7.84. The summed E-state index contributed by atoms with van der Waals surface area (Å²) in [5.41, 5.74) is 1.61. The minimum Gasteiger partial charge on any atom is -0.356 e. The van der Waals surface area contributed by atoms with Gasteiger partial charge in [0, 0.05) is 37.9 Å². The molecule has 0 bridgehead atoms. The number of rotatable bonds is 5. The first-order chi connectivity index (χ1) is 13.9. The van der Waals surface area contributed by atoms with E-state index in [2.05, 4.69) is 25.0 Å². The quantitative estimate of drug-likeness (QED) is 0.543. The molecular formula is C20H22N6O2S. The van der Waals surface area contributed by atoms with Crippen LogP contribution < -0.4 is 4.90 Å². The highest BCUT2D eigenvalue weighted by atomic mass is 32.2. The van der Waals surface area contributed by atoms with Gasteiger partial charge in [-0.05, 0) is 43.0 Å². The van der Waals surface area contributed by atoms with Crippen LogP contribution in [0.4, 0.5) is 5.82 Å². The van der Waals surface area contributed by atoms with E-state index in [0.29, 0.717) is 4.90 Å². The first-order valence-electron chi connectivity index (χ1n) is 9.58. The van der Waals surface area contributed by atoms with E-state index < -0.39 is 9.84 Å². The topological polar surface area (TPSA) is 96.8 Å². The Hall–Kier alpha value is -2.94. The predicted octanol–water partition coefficient (Wildman–Crippen LogP) is 2.53. The number of benzene rings is 1. The van der Waals surface area contributed by atoms with E-state index in [9.17, 15) is 8.42 Å². The third kappa shape index (κ3) is 3.15. The molecule has 9 heteroatoms. The molecule has 0 aliphatic heterocycles. The molecule has 1 N–H and O–H groups in total. The molecule has 0 atom stereocenters. The molecule has 1 aromatic carbocycles. The number of aromatic amines is 1. The molecule has 1 saturated carbocycles. The molecule has 0 saturated heterocycles. The molecule has 0 amide bonds. The van der Waals surface area contributed by atoms with Gasteiger partial charge in [0.05, 0.1) is 21.6 Å². The van der Waals surface area contributed by atoms with Crippen LogP contribution >= 0.6 is 0 Å². The van der Waals surface area contributed by atoms with Gasteiger partial charge in [0.15, 0.2) is 9.84 Å².